The van der Waals surface area contributed by atoms with E-state index in [-0.39, 0.29) is 24.9 Å². The summed E-state index contributed by atoms with van der Waals surface area (Å²) in [4.78, 5) is 25.8. The number of benzene rings is 2. The summed E-state index contributed by atoms with van der Waals surface area (Å²) in [5.41, 5.74) is 1.33. The number of amides is 2. The van der Waals surface area contributed by atoms with Crippen LogP contribution in [0.25, 0.3) is 0 Å². The van der Waals surface area contributed by atoms with Crippen LogP contribution in [-0.2, 0) is 16.1 Å². The van der Waals surface area contributed by atoms with Crippen molar-refractivity contribution < 1.29 is 14.0 Å². The maximum Gasteiger partial charge on any atom is 0.238 e. The van der Waals surface area contributed by atoms with Crippen molar-refractivity contribution in [2.75, 3.05) is 25.0 Å². The minimum Gasteiger partial charge on any atom is -0.351 e. The van der Waals surface area contributed by atoms with E-state index in [1.807, 2.05) is 19.1 Å². The maximum atomic E-state index is 13.1. The third-order valence-corrected chi connectivity index (χ3v) is 3.94. The van der Waals surface area contributed by atoms with Crippen molar-refractivity contribution in [1.29, 1.82) is 0 Å². The lowest BCUT2D eigenvalue weighted by Crippen LogP contribution is -2.40. The molecule has 0 radical (unpaired) electrons. The molecule has 0 spiro atoms. The fourth-order valence-electron chi connectivity index (χ4n) is 2.31. The number of hydrogen-bond donors (Lipinski definition) is 2. The van der Waals surface area contributed by atoms with Gasteiger partial charge in [0.15, 0.2) is 0 Å². The highest BCUT2D eigenvalue weighted by Gasteiger charge is 2.13. The molecule has 5 nitrogen and oxygen atoms in total. The first-order valence-electron chi connectivity index (χ1n) is 8.25. The van der Waals surface area contributed by atoms with E-state index >= 15 is 0 Å². The first-order chi connectivity index (χ1) is 12.5. The number of nitrogens with one attached hydrogen (secondary N) is 2. The molecule has 0 saturated carbocycles. The van der Waals surface area contributed by atoms with E-state index in [2.05, 4.69) is 10.6 Å². The molecule has 2 amide bonds. The van der Waals surface area contributed by atoms with E-state index in [9.17, 15) is 14.0 Å². The summed E-state index contributed by atoms with van der Waals surface area (Å²) in [6.45, 7) is 2.93. The molecule has 0 saturated heterocycles. The van der Waals surface area contributed by atoms with Crippen LogP contribution in [0.3, 0.4) is 0 Å². The van der Waals surface area contributed by atoms with E-state index in [4.69, 9.17) is 11.6 Å². The van der Waals surface area contributed by atoms with E-state index in [0.29, 0.717) is 23.8 Å². The molecular weight excluding hydrogens is 357 g/mol. The number of likely N-dealkylation sites (N-methyl/N-ethyl adjacent to an activating group) is 1. The van der Waals surface area contributed by atoms with Crippen LogP contribution in [0.5, 0.6) is 0 Å². The van der Waals surface area contributed by atoms with Gasteiger partial charge in [-0.05, 0) is 42.4 Å². The van der Waals surface area contributed by atoms with Crippen molar-refractivity contribution in [1.82, 2.24) is 10.2 Å². The molecular formula is C19H21ClFN3O2. The first-order valence-corrected chi connectivity index (χ1v) is 8.63. The molecule has 2 rings (SSSR count). The normalized spacial score (nSPS) is 10.6. The molecule has 0 bridgehead atoms. The van der Waals surface area contributed by atoms with Crippen LogP contribution in [0.15, 0.2) is 48.5 Å². The van der Waals surface area contributed by atoms with E-state index in [1.54, 1.807) is 23.1 Å². The number of carbonyl (C=O) groups excluding carboxylic acids is 2. The maximum absolute atomic E-state index is 13.1. The third-order valence-electron chi connectivity index (χ3n) is 3.69. The summed E-state index contributed by atoms with van der Waals surface area (Å²) in [6, 6.07) is 12.9. The minimum absolute atomic E-state index is 0.0430. The molecule has 0 heterocycles. The van der Waals surface area contributed by atoms with Crippen molar-refractivity contribution in [3.63, 3.8) is 0 Å². The molecule has 2 aromatic rings. The second kappa shape index (κ2) is 9.89. The van der Waals surface area contributed by atoms with Gasteiger partial charge in [0.1, 0.15) is 5.82 Å². The minimum atomic E-state index is -0.420. The number of halogens is 2. The van der Waals surface area contributed by atoms with Gasteiger partial charge in [0.05, 0.1) is 13.1 Å². The SMILES string of the molecule is CCN(CC(=O)NCc1ccc(Cl)cc1)CC(=O)Nc1cccc(F)c1. The van der Waals surface area contributed by atoms with Gasteiger partial charge in [0.25, 0.3) is 0 Å². The fourth-order valence-corrected chi connectivity index (χ4v) is 2.44. The van der Waals surface area contributed by atoms with Crippen molar-refractivity contribution in [3.8, 4) is 0 Å². The molecule has 0 aliphatic heterocycles. The second-order valence-electron chi connectivity index (χ2n) is 5.76. The molecule has 26 heavy (non-hydrogen) atoms. The predicted octanol–water partition coefficient (Wildman–Crippen LogP) is 3.06. The van der Waals surface area contributed by atoms with Gasteiger partial charge < -0.3 is 10.6 Å². The molecule has 7 heteroatoms. The molecule has 2 N–H and O–H groups in total. The molecule has 0 unspecified atom stereocenters. The Morgan fingerprint density at radius 2 is 1.77 bits per heavy atom. The van der Waals surface area contributed by atoms with Crippen molar-refractivity contribution in [2.24, 2.45) is 0 Å². The third kappa shape index (κ3) is 6.82. The van der Waals surface area contributed by atoms with Crippen molar-refractivity contribution in [3.05, 3.63) is 64.9 Å². The van der Waals surface area contributed by atoms with Crippen LogP contribution in [0.2, 0.25) is 5.02 Å². The number of nitrogens with zero attached hydrogens (tertiary/aromatic N) is 1. The average Bonchev–Trinajstić information content (AvgIpc) is 2.60. The molecule has 0 aromatic heterocycles. The quantitative estimate of drug-likeness (QED) is 0.743. The Bertz CT molecular complexity index is 753. The zero-order valence-corrected chi connectivity index (χ0v) is 15.2. The lowest BCUT2D eigenvalue weighted by Gasteiger charge is -2.19. The highest BCUT2D eigenvalue weighted by atomic mass is 35.5. The van der Waals surface area contributed by atoms with Gasteiger partial charge in [0, 0.05) is 17.3 Å². The van der Waals surface area contributed by atoms with Gasteiger partial charge in [-0.2, -0.15) is 0 Å². The summed E-state index contributed by atoms with van der Waals surface area (Å²) in [6.07, 6.45) is 0. The Hall–Kier alpha value is -2.44. The number of anilines is 1. The largest absolute Gasteiger partial charge is 0.351 e. The van der Waals surface area contributed by atoms with Gasteiger partial charge in [-0.3, -0.25) is 14.5 Å². The van der Waals surface area contributed by atoms with Gasteiger partial charge in [0.2, 0.25) is 11.8 Å². The summed E-state index contributed by atoms with van der Waals surface area (Å²) >= 11 is 5.82. The fraction of sp³-hybridized carbons (Fsp3) is 0.263. The lowest BCUT2D eigenvalue weighted by molar-refractivity contribution is -0.123. The molecule has 0 atom stereocenters. The van der Waals surface area contributed by atoms with Crippen LogP contribution < -0.4 is 10.6 Å². The summed E-state index contributed by atoms with van der Waals surface area (Å²) in [5, 5.41) is 6.07. The summed E-state index contributed by atoms with van der Waals surface area (Å²) in [7, 11) is 0. The van der Waals surface area contributed by atoms with Gasteiger partial charge in [-0.15, -0.1) is 0 Å². The standard InChI is InChI=1S/C19H21ClFN3O2/c1-2-24(13-19(26)23-17-5-3-4-16(21)10-17)12-18(25)22-11-14-6-8-15(20)9-7-14/h3-10H,2,11-13H2,1H3,(H,22,25)(H,23,26). The van der Waals surface area contributed by atoms with Crippen LogP contribution >= 0.6 is 11.6 Å². The van der Waals surface area contributed by atoms with Gasteiger partial charge >= 0.3 is 0 Å². The van der Waals surface area contributed by atoms with E-state index in [0.717, 1.165) is 5.56 Å². The zero-order valence-electron chi connectivity index (χ0n) is 14.5. The Morgan fingerprint density at radius 1 is 1.08 bits per heavy atom. The first kappa shape index (κ1) is 19.9. The topological polar surface area (TPSA) is 61.4 Å². The second-order valence-corrected chi connectivity index (χ2v) is 6.20. The van der Waals surface area contributed by atoms with E-state index in [1.165, 1.54) is 18.2 Å². The Labute approximate surface area is 157 Å². The predicted molar refractivity (Wildman–Crippen MR) is 100 cm³/mol. The van der Waals surface area contributed by atoms with E-state index < -0.39 is 5.82 Å². The van der Waals surface area contributed by atoms with Crippen molar-refractivity contribution >= 4 is 29.1 Å². The summed E-state index contributed by atoms with van der Waals surface area (Å²) in [5.74, 6) is -0.903. The van der Waals surface area contributed by atoms with Gasteiger partial charge in [-0.1, -0.05) is 36.7 Å². The molecule has 2 aromatic carbocycles. The number of hydrogen-bond acceptors (Lipinski definition) is 3. The molecule has 0 aliphatic carbocycles. The Balaban J connectivity index is 1.79. The van der Waals surface area contributed by atoms with Crippen LogP contribution in [0, 0.1) is 5.82 Å². The Kier molecular flexibility index (Phi) is 7.56. The summed E-state index contributed by atoms with van der Waals surface area (Å²) < 4.78 is 13.1. The van der Waals surface area contributed by atoms with Crippen LogP contribution in [0.1, 0.15) is 12.5 Å². The molecule has 138 valence electrons. The monoisotopic (exact) mass is 377 g/mol. The molecule has 0 fully saturated rings. The average molecular weight is 378 g/mol. The van der Waals surface area contributed by atoms with Crippen molar-refractivity contribution in [2.45, 2.75) is 13.5 Å². The van der Waals surface area contributed by atoms with Crippen LogP contribution in [-0.4, -0.2) is 36.3 Å². The Morgan fingerprint density at radius 3 is 2.42 bits per heavy atom. The highest BCUT2D eigenvalue weighted by molar-refractivity contribution is 6.30. The van der Waals surface area contributed by atoms with Crippen LogP contribution in [0.4, 0.5) is 10.1 Å². The van der Waals surface area contributed by atoms with Gasteiger partial charge in [-0.25, -0.2) is 4.39 Å². The number of carbonyl (C=O) groups is 2. The number of rotatable bonds is 8. The smallest absolute Gasteiger partial charge is 0.238 e. The lowest BCUT2D eigenvalue weighted by atomic mass is 10.2. The zero-order chi connectivity index (χ0) is 18.9. The highest BCUT2D eigenvalue weighted by Crippen LogP contribution is 2.10. The molecule has 0 aliphatic rings.